The van der Waals surface area contributed by atoms with E-state index in [0.29, 0.717) is 4.83 Å². The zero-order valence-electron chi connectivity index (χ0n) is 9.20. The fraction of sp³-hybridized carbons (Fsp3) is 0.636. The molecule has 1 aliphatic heterocycles. The summed E-state index contributed by atoms with van der Waals surface area (Å²) in [5.41, 5.74) is 2.10. The lowest BCUT2D eigenvalue weighted by atomic mass is 10.1. The third-order valence-electron chi connectivity index (χ3n) is 2.62. The van der Waals surface area contributed by atoms with Crippen molar-refractivity contribution in [3.8, 4) is 0 Å². The summed E-state index contributed by atoms with van der Waals surface area (Å²) in [4.78, 5) is 11.8. The molecule has 1 aliphatic rings. The molecular formula is C11H16BrN3. The lowest BCUT2D eigenvalue weighted by Crippen LogP contribution is -2.37. The van der Waals surface area contributed by atoms with E-state index in [1.807, 2.05) is 19.9 Å². The van der Waals surface area contributed by atoms with Crippen LogP contribution in [0.2, 0.25) is 0 Å². The number of rotatable bonds is 1. The van der Waals surface area contributed by atoms with Crippen molar-refractivity contribution in [3.05, 3.63) is 17.5 Å². The molecule has 1 fully saturated rings. The average molecular weight is 270 g/mol. The van der Waals surface area contributed by atoms with Crippen molar-refractivity contribution in [1.29, 1.82) is 0 Å². The highest BCUT2D eigenvalue weighted by molar-refractivity contribution is 9.09. The molecule has 2 heterocycles. The minimum absolute atomic E-state index is 0.579. The van der Waals surface area contributed by atoms with Gasteiger partial charge in [-0.05, 0) is 32.8 Å². The first-order valence-corrected chi connectivity index (χ1v) is 6.28. The topological polar surface area (TPSA) is 29.0 Å². The van der Waals surface area contributed by atoms with Crippen LogP contribution in [0.1, 0.15) is 24.2 Å². The van der Waals surface area contributed by atoms with Crippen molar-refractivity contribution in [2.45, 2.75) is 31.5 Å². The largest absolute Gasteiger partial charge is 0.340 e. The first-order chi connectivity index (χ1) is 7.15. The molecule has 2 rings (SSSR count). The van der Waals surface area contributed by atoms with Gasteiger partial charge in [-0.2, -0.15) is 0 Å². The molecule has 1 atom stereocenters. The van der Waals surface area contributed by atoms with Crippen LogP contribution in [0.25, 0.3) is 0 Å². The van der Waals surface area contributed by atoms with Gasteiger partial charge in [-0.15, -0.1) is 0 Å². The van der Waals surface area contributed by atoms with Crippen molar-refractivity contribution < 1.29 is 0 Å². The van der Waals surface area contributed by atoms with Gasteiger partial charge in [0, 0.05) is 29.3 Å². The van der Waals surface area contributed by atoms with Crippen LogP contribution >= 0.6 is 15.9 Å². The lowest BCUT2D eigenvalue weighted by molar-refractivity contribution is 0.584. The second kappa shape index (κ2) is 4.47. The van der Waals surface area contributed by atoms with Gasteiger partial charge in [0.1, 0.15) is 0 Å². The third kappa shape index (κ3) is 2.68. The monoisotopic (exact) mass is 269 g/mol. The lowest BCUT2D eigenvalue weighted by Gasteiger charge is -2.30. The van der Waals surface area contributed by atoms with E-state index >= 15 is 0 Å². The number of piperidine rings is 1. The predicted molar refractivity (Wildman–Crippen MR) is 65.7 cm³/mol. The van der Waals surface area contributed by atoms with Gasteiger partial charge in [0.25, 0.3) is 0 Å². The van der Waals surface area contributed by atoms with Crippen LogP contribution in [0.4, 0.5) is 5.95 Å². The summed E-state index contributed by atoms with van der Waals surface area (Å²) in [7, 11) is 0. The summed E-state index contributed by atoms with van der Waals surface area (Å²) in [6, 6.07) is 2.01. The van der Waals surface area contributed by atoms with Gasteiger partial charge in [-0.25, -0.2) is 9.97 Å². The number of hydrogen-bond acceptors (Lipinski definition) is 3. The van der Waals surface area contributed by atoms with Crippen LogP contribution in [0.5, 0.6) is 0 Å². The number of alkyl halides is 1. The van der Waals surface area contributed by atoms with Crippen molar-refractivity contribution in [2.75, 3.05) is 18.0 Å². The Kier molecular flexibility index (Phi) is 3.24. The second-order valence-corrected chi connectivity index (χ2v) is 5.43. The maximum Gasteiger partial charge on any atom is 0.225 e. The molecule has 0 amide bonds. The van der Waals surface area contributed by atoms with Crippen molar-refractivity contribution >= 4 is 21.9 Å². The number of halogens is 1. The Morgan fingerprint density at radius 1 is 1.33 bits per heavy atom. The van der Waals surface area contributed by atoms with Crippen LogP contribution in [-0.2, 0) is 0 Å². The van der Waals surface area contributed by atoms with Crippen LogP contribution in [0, 0.1) is 13.8 Å². The Morgan fingerprint density at radius 3 is 2.60 bits per heavy atom. The Morgan fingerprint density at radius 2 is 2.00 bits per heavy atom. The Hall–Kier alpha value is -0.640. The summed E-state index contributed by atoms with van der Waals surface area (Å²) in [6.45, 7) is 6.13. The molecule has 1 aromatic rings. The maximum atomic E-state index is 4.49. The molecule has 0 radical (unpaired) electrons. The van der Waals surface area contributed by atoms with Crippen molar-refractivity contribution in [2.24, 2.45) is 0 Å². The fourth-order valence-electron chi connectivity index (χ4n) is 1.96. The molecule has 1 unspecified atom stereocenters. The van der Waals surface area contributed by atoms with Gasteiger partial charge >= 0.3 is 0 Å². The van der Waals surface area contributed by atoms with Gasteiger partial charge in [0.05, 0.1) is 0 Å². The van der Waals surface area contributed by atoms with Gasteiger partial charge in [0.15, 0.2) is 0 Å². The molecular weight excluding hydrogens is 254 g/mol. The molecule has 0 aromatic carbocycles. The summed E-state index contributed by atoms with van der Waals surface area (Å²) in [5, 5.41) is 0. The first kappa shape index (κ1) is 10.9. The summed E-state index contributed by atoms with van der Waals surface area (Å²) in [5.74, 6) is 0.886. The SMILES string of the molecule is Cc1cc(C)nc(N2CCCC(Br)C2)n1. The quantitative estimate of drug-likeness (QED) is 0.734. The number of nitrogens with zero attached hydrogens (tertiary/aromatic N) is 3. The Balaban J connectivity index is 2.20. The maximum absolute atomic E-state index is 4.49. The fourth-order valence-corrected chi connectivity index (χ4v) is 2.63. The van der Waals surface area contributed by atoms with Crippen molar-refractivity contribution in [1.82, 2.24) is 9.97 Å². The molecule has 0 aliphatic carbocycles. The summed E-state index contributed by atoms with van der Waals surface area (Å²) >= 11 is 3.67. The molecule has 0 saturated carbocycles. The van der Waals surface area contributed by atoms with E-state index in [9.17, 15) is 0 Å². The Bertz CT molecular complexity index is 333. The molecule has 0 bridgehead atoms. The highest BCUT2D eigenvalue weighted by Crippen LogP contribution is 2.20. The van der Waals surface area contributed by atoms with E-state index in [-0.39, 0.29) is 0 Å². The van der Waals surface area contributed by atoms with Crippen molar-refractivity contribution in [3.63, 3.8) is 0 Å². The predicted octanol–water partition coefficient (Wildman–Crippen LogP) is 2.46. The van der Waals surface area contributed by atoms with Gasteiger partial charge in [-0.1, -0.05) is 15.9 Å². The molecule has 0 N–H and O–H groups in total. The number of aromatic nitrogens is 2. The zero-order valence-corrected chi connectivity index (χ0v) is 10.8. The van der Waals surface area contributed by atoms with E-state index in [0.717, 1.165) is 30.4 Å². The standard InChI is InChI=1S/C11H16BrN3/c1-8-6-9(2)14-11(13-8)15-5-3-4-10(12)7-15/h6,10H,3-5,7H2,1-2H3. The molecule has 3 nitrogen and oxygen atoms in total. The molecule has 82 valence electrons. The van der Waals surface area contributed by atoms with Crippen LogP contribution < -0.4 is 4.90 Å². The average Bonchev–Trinajstić information content (AvgIpc) is 2.16. The number of aryl methyl sites for hydroxylation is 2. The van der Waals surface area contributed by atoms with Crippen LogP contribution in [0.15, 0.2) is 6.07 Å². The number of anilines is 1. The molecule has 4 heteroatoms. The molecule has 1 saturated heterocycles. The second-order valence-electron chi connectivity index (χ2n) is 4.14. The third-order valence-corrected chi connectivity index (χ3v) is 3.36. The van der Waals surface area contributed by atoms with E-state index in [1.54, 1.807) is 0 Å². The van der Waals surface area contributed by atoms with Gasteiger partial charge in [-0.3, -0.25) is 0 Å². The summed E-state index contributed by atoms with van der Waals surface area (Å²) < 4.78 is 0. The molecule has 15 heavy (non-hydrogen) atoms. The van der Waals surface area contributed by atoms with Gasteiger partial charge < -0.3 is 4.90 Å². The molecule has 0 spiro atoms. The smallest absolute Gasteiger partial charge is 0.225 e. The molecule has 1 aromatic heterocycles. The minimum Gasteiger partial charge on any atom is -0.340 e. The van der Waals surface area contributed by atoms with E-state index in [4.69, 9.17) is 0 Å². The normalized spacial score (nSPS) is 21.8. The van der Waals surface area contributed by atoms with E-state index < -0.39 is 0 Å². The summed E-state index contributed by atoms with van der Waals surface area (Å²) in [6.07, 6.45) is 2.47. The highest BCUT2D eigenvalue weighted by Gasteiger charge is 2.19. The van der Waals surface area contributed by atoms with Crippen LogP contribution in [0.3, 0.4) is 0 Å². The van der Waals surface area contributed by atoms with Crippen LogP contribution in [-0.4, -0.2) is 27.9 Å². The first-order valence-electron chi connectivity index (χ1n) is 5.36. The Labute approximate surface area is 99.0 Å². The highest BCUT2D eigenvalue weighted by atomic mass is 79.9. The number of hydrogen-bond donors (Lipinski definition) is 0. The van der Waals surface area contributed by atoms with Gasteiger partial charge in [0.2, 0.25) is 5.95 Å². The minimum atomic E-state index is 0.579. The van der Waals surface area contributed by atoms with E-state index in [2.05, 4.69) is 30.8 Å². The zero-order chi connectivity index (χ0) is 10.8. The van der Waals surface area contributed by atoms with E-state index in [1.165, 1.54) is 12.8 Å².